The lowest BCUT2D eigenvalue weighted by molar-refractivity contribution is -0.136. The lowest BCUT2D eigenvalue weighted by Crippen LogP contribution is -2.40. The van der Waals surface area contributed by atoms with Crippen molar-refractivity contribution in [1.29, 1.82) is 0 Å². The first kappa shape index (κ1) is 13.6. The Morgan fingerprint density at radius 1 is 1.62 bits per heavy atom. The van der Waals surface area contributed by atoms with E-state index in [4.69, 9.17) is 4.74 Å². The van der Waals surface area contributed by atoms with E-state index in [0.29, 0.717) is 6.04 Å². The predicted molar refractivity (Wildman–Crippen MR) is 68.8 cm³/mol. The number of ether oxygens (including phenoxy) is 1. The zero-order valence-corrected chi connectivity index (χ0v) is 11.2. The molecule has 1 fully saturated rings. The maximum absolute atomic E-state index is 11.4. The van der Waals surface area contributed by atoms with Crippen molar-refractivity contribution in [3.05, 3.63) is 11.6 Å². The van der Waals surface area contributed by atoms with Gasteiger partial charge in [0.2, 0.25) is 0 Å². The number of esters is 1. The third-order valence-corrected chi connectivity index (χ3v) is 4.10. The summed E-state index contributed by atoms with van der Waals surface area (Å²) in [5, 5.41) is 0. The minimum Gasteiger partial charge on any atom is -0.466 e. The van der Waals surface area contributed by atoms with Gasteiger partial charge in [-0.2, -0.15) is 11.8 Å². The molecule has 1 heterocycles. The molecule has 1 saturated heterocycles. The van der Waals surface area contributed by atoms with Gasteiger partial charge in [-0.25, -0.2) is 4.79 Å². The predicted octanol–water partition coefficient (Wildman–Crippen LogP) is 1.93. The van der Waals surface area contributed by atoms with Crippen LogP contribution in [0, 0.1) is 0 Å². The molecule has 4 heteroatoms. The number of thioether (sulfide) groups is 1. The van der Waals surface area contributed by atoms with E-state index in [0.717, 1.165) is 25.1 Å². The maximum Gasteiger partial charge on any atom is 0.333 e. The van der Waals surface area contributed by atoms with E-state index in [-0.39, 0.29) is 5.97 Å². The van der Waals surface area contributed by atoms with Crippen molar-refractivity contribution >= 4 is 17.7 Å². The fourth-order valence-electron chi connectivity index (χ4n) is 1.76. The molecule has 1 atom stereocenters. The highest BCUT2D eigenvalue weighted by molar-refractivity contribution is 7.99. The lowest BCUT2D eigenvalue weighted by atomic mass is 10.2. The van der Waals surface area contributed by atoms with Gasteiger partial charge in [0.25, 0.3) is 0 Å². The summed E-state index contributed by atoms with van der Waals surface area (Å²) in [6.45, 7) is 6.20. The zero-order chi connectivity index (χ0) is 12.0. The molecule has 0 aliphatic carbocycles. The molecule has 0 saturated carbocycles. The van der Waals surface area contributed by atoms with Crippen LogP contribution in [-0.2, 0) is 9.53 Å². The zero-order valence-electron chi connectivity index (χ0n) is 10.4. The van der Waals surface area contributed by atoms with E-state index in [1.165, 1.54) is 18.6 Å². The van der Waals surface area contributed by atoms with Gasteiger partial charge in [0.05, 0.1) is 7.11 Å². The van der Waals surface area contributed by atoms with Crippen molar-refractivity contribution in [2.75, 3.05) is 31.7 Å². The van der Waals surface area contributed by atoms with Gasteiger partial charge < -0.3 is 4.74 Å². The first-order chi connectivity index (χ1) is 7.69. The average Bonchev–Trinajstić information content (AvgIpc) is 2.31. The van der Waals surface area contributed by atoms with Gasteiger partial charge in [-0.05, 0) is 13.3 Å². The Kier molecular flexibility index (Phi) is 5.91. The van der Waals surface area contributed by atoms with Gasteiger partial charge in [0.1, 0.15) is 0 Å². The Balaban J connectivity index is 2.51. The summed E-state index contributed by atoms with van der Waals surface area (Å²) < 4.78 is 4.74. The molecule has 0 bridgehead atoms. The van der Waals surface area contributed by atoms with Crippen LogP contribution in [0.4, 0.5) is 0 Å². The van der Waals surface area contributed by atoms with Gasteiger partial charge in [0, 0.05) is 36.2 Å². The number of nitrogens with zero attached hydrogens (tertiary/aromatic N) is 1. The minimum atomic E-state index is -0.193. The third-order valence-electron chi connectivity index (χ3n) is 2.91. The van der Waals surface area contributed by atoms with Crippen LogP contribution in [0.5, 0.6) is 0 Å². The molecule has 0 N–H and O–H groups in total. The van der Waals surface area contributed by atoms with Crippen LogP contribution in [0.1, 0.15) is 20.3 Å². The van der Waals surface area contributed by atoms with Gasteiger partial charge in [-0.1, -0.05) is 13.0 Å². The summed E-state index contributed by atoms with van der Waals surface area (Å²) in [5.74, 6) is 2.19. The standard InChI is InChI=1S/C12H21NO2S/c1-4-11(12(14)15-3)5-6-13-7-8-16-9-10(13)2/h5,10H,4,6-9H2,1-3H3. The molecule has 1 aliphatic heterocycles. The molecule has 0 aromatic rings. The molecular formula is C12H21NO2S. The van der Waals surface area contributed by atoms with Gasteiger partial charge >= 0.3 is 5.97 Å². The SMILES string of the molecule is CCC(=CCN1CCSCC1C)C(=O)OC. The quantitative estimate of drug-likeness (QED) is 0.557. The Morgan fingerprint density at radius 2 is 2.38 bits per heavy atom. The van der Waals surface area contributed by atoms with E-state index in [2.05, 4.69) is 11.8 Å². The summed E-state index contributed by atoms with van der Waals surface area (Å²) >= 11 is 2.00. The molecule has 0 amide bonds. The average molecular weight is 243 g/mol. The number of carbonyl (C=O) groups is 1. The highest BCUT2D eigenvalue weighted by Crippen LogP contribution is 2.16. The molecule has 0 aromatic carbocycles. The molecule has 1 rings (SSSR count). The van der Waals surface area contributed by atoms with Gasteiger partial charge in [-0.3, -0.25) is 4.90 Å². The Labute approximate surface area is 102 Å². The van der Waals surface area contributed by atoms with Crippen molar-refractivity contribution in [1.82, 2.24) is 4.90 Å². The van der Waals surface area contributed by atoms with Crippen LogP contribution < -0.4 is 0 Å². The fraction of sp³-hybridized carbons (Fsp3) is 0.750. The molecule has 92 valence electrons. The summed E-state index contributed by atoms with van der Waals surface area (Å²) in [7, 11) is 1.44. The summed E-state index contributed by atoms with van der Waals surface area (Å²) in [6.07, 6.45) is 2.75. The normalized spacial score (nSPS) is 23.2. The minimum absolute atomic E-state index is 0.193. The van der Waals surface area contributed by atoms with E-state index in [1.807, 2.05) is 24.8 Å². The van der Waals surface area contributed by atoms with Crippen LogP contribution in [0.25, 0.3) is 0 Å². The lowest BCUT2D eigenvalue weighted by Gasteiger charge is -2.32. The van der Waals surface area contributed by atoms with Crippen molar-refractivity contribution < 1.29 is 9.53 Å². The number of rotatable bonds is 4. The van der Waals surface area contributed by atoms with Crippen LogP contribution in [-0.4, -0.2) is 48.6 Å². The first-order valence-corrected chi connectivity index (χ1v) is 6.93. The Morgan fingerprint density at radius 3 is 2.94 bits per heavy atom. The number of methoxy groups -OCH3 is 1. The summed E-state index contributed by atoms with van der Waals surface area (Å²) in [6, 6.07) is 0.603. The topological polar surface area (TPSA) is 29.5 Å². The second kappa shape index (κ2) is 6.97. The van der Waals surface area contributed by atoms with Crippen LogP contribution in [0.15, 0.2) is 11.6 Å². The molecule has 0 aromatic heterocycles. The molecular weight excluding hydrogens is 222 g/mol. The first-order valence-electron chi connectivity index (χ1n) is 5.78. The van der Waals surface area contributed by atoms with E-state index in [1.54, 1.807) is 0 Å². The van der Waals surface area contributed by atoms with Crippen molar-refractivity contribution in [3.63, 3.8) is 0 Å². The van der Waals surface area contributed by atoms with Crippen LogP contribution in [0.2, 0.25) is 0 Å². The van der Waals surface area contributed by atoms with Crippen molar-refractivity contribution in [2.24, 2.45) is 0 Å². The van der Waals surface area contributed by atoms with Crippen LogP contribution in [0.3, 0.4) is 0 Å². The number of hydrogen-bond donors (Lipinski definition) is 0. The molecule has 1 unspecified atom stereocenters. The Hall–Kier alpha value is -0.480. The van der Waals surface area contributed by atoms with Gasteiger partial charge in [-0.15, -0.1) is 0 Å². The monoisotopic (exact) mass is 243 g/mol. The number of carbonyl (C=O) groups excluding carboxylic acids is 1. The smallest absolute Gasteiger partial charge is 0.333 e. The van der Waals surface area contributed by atoms with Crippen molar-refractivity contribution in [3.8, 4) is 0 Å². The Bertz CT molecular complexity index is 266. The van der Waals surface area contributed by atoms with Crippen LogP contribution >= 0.6 is 11.8 Å². The highest BCUT2D eigenvalue weighted by atomic mass is 32.2. The van der Waals surface area contributed by atoms with Gasteiger partial charge in [0.15, 0.2) is 0 Å². The third kappa shape index (κ3) is 3.83. The largest absolute Gasteiger partial charge is 0.466 e. The van der Waals surface area contributed by atoms with Crippen molar-refractivity contribution in [2.45, 2.75) is 26.3 Å². The van der Waals surface area contributed by atoms with E-state index >= 15 is 0 Å². The fourth-order valence-corrected chi connectivity index (χ4v) is 2.85. The van der Waals surface area contributed by atoms with E-state index in [9.17, 15) is 4.79 Å². The second-order valence-corrected chi connectivity index (χ2v) is 5.14. The summed E-state index contributed by atoms with van der Waals surface area (Å²) in [4.78, 5) is 13.8. The number of hydrogen-bond acceptors (Lipinski definition) is 4. The second-order valence-electron chi connectivity index (χ2n) is 3.99. The molecule has 0 spiro atoms. The van der Waals surface area contributed by atoms with E-state index < -0.39 is 0 Å². The maximum atomic E-state index is 11.4. The molecule has 0 radical (unpaired) electrons. The molecule has 1 aliphatic rings. The summed E-state index contributed by atoms with van der Waals surface area (Å²) in [5.41, 5.74) is 0.785. The molecule has 3 nitrogen and oxygen atoms in total. The molecule has 16 heavy (non-hydrogen) atoms. The highest BCUT2D eigenvalue weighted by Gasteiger charge is 2.17.